The van der Waals surface area contributed by atoms with Crippen LogP contribution in [0.25, 0.3) is 0 Å². The zero-order valence-electron chi connectivity index (χ0n) is 10.5. The molecule has 0 saturated carbocycles. The summed E-state index contributed by atoms with van der Waals surface area (Å²) < 4.78 is 26.2. The lowest BCUT2D eigenvalue weighted by Crippen LogP contribution is -2.25. The van der Waals surface area contributed by atoms with Crippen LogP contribution in [0.3, 0.4) is 0 Å². The molecule has 2 aromatic rings. The molecule has 0 fully saturated rings. The summed E-state index contributed by atoms with van der Waals surface area (Å²) >= 11 is 0. The van der Waals surface area contributed by atoms with E-state index in [9.17, 15) is 8.42 Å². The number of rotatable bonds is 6. The fourth-order valence-corrected chi connectivity index (χ4v) is 2.79. The van der Waals surface area contributed by atoms with Gasteiger partial charge in [0.25, 0.3) is 0 Å². The molecule has 0 aliphatic heterocycles. The largest absolute Gasteiger partial charge is 0.383 e. The van der Waals surface area contributed by atoms with Crippen LogP contribution >= 0.6 is 0 Å². The molecule has 0 spiro atoms. The zero-order valence-corrected chi connectivity index (χ0v) is 11.3. The third-order valence-electron chi connectivity index (χ3n) is 2.77. The van der Waals surface area contributed by atoms with E-state index in [-0.39, 0.29) is 10.7 Å². The van der Waals surface area contributed by atoms with Crippen molar-refractivity contribution >= 4 is 15.8 Å². The molecule has 9 heteroatoms. The number of nitrogen functional groups attached to an aromatic ring is 1. The molecule has 0 unspecified atom stereocenters. The number of nitrogens with zero attached hydrogens (tertiary/aromatic N) is 2. The Kier molecular flexibility index (Phi) is 3.86. The van der Waals surface area contributed by atoms with E-state index in [1.165, 1.54) is 6.20 Å². The van der Waals surface area contributed by atoms with Gasteiger partial charge in [0.2, 0.25) is 10.0 Å². The Morgan fingerprint density at radius 1 is 1.32 bits per heavy atom. The van der Waals surface area contributed by atoms with Crippen molar-refractivity contribution in [2.45, 2.75) is 24.7 Å². The highest BCUT2D eigenvalue weighted by Gasteiger charge is 2.18. The number of sulfonamides is 1. The number of anilines is 1. The van der Waals surface area contributed by atoms with Gasteiger partial charge >= 0.3 is 0 Å². The van der Waals surface area contributed by atoms with Gasteiger partial charge in [0.15, 0.2) is 0 Å². The van der Waals surface area contributed by atoms with Crippen LogP contribution in [0.4, 0.5) is 5.82 Å². The van der Waals surface area contributed by atoms with E-state index in [1.54, 1.807) is 6.20 Å². The number of nitrogens with one attached hydrogen (secondary N) is 3. The van der Waals surface area contributed by atoms with E-state index in [0.29, 0.717) is 13.0 Å². The number of H-pyrrole nitrogens is 2. The average Bonchev–Trinajstić information content (AvgIpc) is 2.94. The lowest BCUT2D eigenvalue weighted by molar-refractivity contribution is 0.579. The van der Waals surface area contributed by atoms with Crippen molar-refractivity contribution in [1.82, 2.24) is 25.1 Å². The maximum Gasteiger partial charge on any atom is 0.245 e. The second-order valence-electron chi connectivity index (χ2n) is 4.17. The number of aromatic nitrogens is 4. The molecule has 19 heavy (non-hydrogen) atoms. The quantitative estimate of drug-likeness (QED) is 0.552. The molecule has 0 amide bonds. The zero-order chi connectivity index (χ0) is 13.9. The van der Waals surface area contributed by atoms with E-state index >= 15 is 0 Å². The molecule has 0 radical (unpaired) electrons. The van der Waals surface area contributed by atoms with Gasteiger partial charge in [0.05, 0.1) is 12.4 Å². The summed E-state index contributed by atoms with van der Waals surface area (Å²) in [6.45, 7) is 2.26. The van der Waals surface area contributed by atoms with Crippen LogP contribution in [0.15, 0.2) is 17.3 Å². The van der Waals surface area contributed by atoms with E-state index in [2.05, 4.69) is 25.1 Å². The van der Waals surface area contributed by atoms with Gasteiger partial charge in [-0.2, -0.15) is 10.2 Å². The predicted molar refractivity (Wildman–Crippen MR) is 69.8 cm³/mol. The Morgan fingerprint density at radius 3 is 2.63 bits per heavy atom. The first-order chi connectivity index (χ1) is 9.00. The minimum atomic E-state index is -3.59. The van der Waals surface area contributed by atoms with Crippen LogP contribution in [0.1, 0.15) is 17.7 Å². The van der Waals surface area contributed by atoms with E-state index in [1.807, 2.05) is 6.92 Å². The van der Waals surface area contributed by atoms with Gasteiger partial charge in [-0.1, -0.05) is 0 Å². The van der Waals surface area contributed by atoms with E-state index in [0.717, 1.165) is 17.7 Å². The molecule has 0 saturated heterocycles. The topological polar surface area (TPSA) is 130 Å². The summed E-state index contributed by atoms with van der Waals surface area (Å²) in [5.41, 5.74) is 7.57. The SMILES string of the molecule is Cc1[nH]ncc1CCCNS(=O)(=O)c1cn[nH]c1N. The lowest BCUT2D eigenvalue weighted by atomic mass is 10.1. The molecule has 104 valence electrons. The normalized spacial score (nSPS) is 11.8. The number of hydrogen-bond acceptors (Lipinski definition) is 5. The van der Waals surface area contributed by atoms with Crippen molar-refractivity contribution in [3.05, 3.63) is 23.7 Å². The standard InChI is InChI=1S/C10H16N6O2S/c1-7-8(5-12-15-7)3-2-4-14-19(17,18)9-6-13-16-10(9)11/h5-6,14H,2-4H2,1H3,(H,12,15)(H3,11,13,16). The number of aromatic amines is 2. The molecular formula is C10H16N6O2S. The second-order valence-corrected chi connectivity index (χ2v) is 5.90. The third kappa shape index (κ3) is 3.12. The first kappa shape index (κ1) is 13.6. The summed E-state index contributed by atoms with van der Waals surface area (Å²) in [5, 5.41) is 12.7. The van der Waals surface area contributed by atoms with Crippen molar-refractivity contribution in [3.63, 3.8) is 0 Å². The Hall–Kier alpha value is -1.87. The first-order valence-corrected chi connectivity index (χ1v) is 7.26. The molecule has 0 aromatic carbocycles. The molecular weight excluding hydrogens is 268 g/mol. The third-order valence-corrected chi connectivity index (χ3v) is 4.26. The lowest BCUT2D eigenvalue weighted by Gasteiger charge is -2.05. The summed E-state index contributed by atoms with van der Waals surface area (Å²) in [5.74, 6) is 0.0400. The Morgan fingerprint density at radius 2 is 2.05 bits per heavy atom. The molecule has 2 rings (SSSR count). The van der Waals surface area contributed by atoms with Gasteiger partial charge in [-0.3, -0.25) is 10.2 Å². The van der Waals surface area contributed by atoms with Crippen LogP contribution in [0.5, 0.6) is 0 Å². The summed E-state index contributed by atoms with van der Waals surface area (Å²) in [4.78, 5) is -0.0213. The first-order valence-electron chi connectivity index (χ1n) is 5.78. The molecule has 0 atom stereocenters. The molecule has 0 aliphatic carbocycles. The van der Waals surface area contributed by atoms with Gasteiger partial charge in [-0.25, -0.2) is 13.1 Å². The minimum absolute atomic E-state index is 0.0213. The highest BCUT2D eigenvalue weighted by Crippen LogP contribution is 2.13. The molecule has 5 N–H and O–H groups in total. The van der Waals surface area contributed by atoms with Crippen LogP contribution in [-0.4, -0.2) is 35.4 Å². The molecule has 8 nitrogen and oxygen atoms in total. The molecule has 0 bridgehead atoms. The fourth-order valence-electron chi connectivity index (χ4n) is 1.69. The minimum Gasteiger partial charge on any atom is -0.383 e. The van der Waals surface area contributed by atoms with Crippen LogP contribution < -0.4 is 10.5 Å². The van der Waals surface area contributed by atoms with Crippen LogP contribution in [0.2, 0.25) is 0 Å². The van der Waals surface area contributed by atoms with E-state index in [4.69, 9.17) is 5.73 Å². The Balaban J connectivity index is 1.86. The highest BCUT2D eigenvalue weighted by atomic mass is 32.2. The maximum atomic E-state index is 11.9. The van der Waals surface area contributed by atoms with Crippen molar-refractivity contribution in [2.75, 3.05) is 12.3 Å². The highest BCUT2D eigenvalue weighted by molar-refractivity contribution is 7.89. The van der Waals surface area contributed by atoms with E-state index < -0.39 is 10.0 Å². The Labute approximate surface area is 110 Å². The van der Waals surface area contributed by atoms with Crippen molar-refractivity contribution in [2.24, 2.45) is 0 Å². The Bertz CT molecular complexity index is 645. The fraction of sp³-hybridized carbons (Fsp3) is 0.400. The number of aryl methyl sites for hydroxylation is 2. The second kappa shape index (κ2) is 5.41. The maximum absolute atomic E-state index is 11.9. The van der Waals surface area contributed by atoms with Gasteiger partial charge in [0.1, 0.15) is 10.7 Å². The van der Waals surface area contributed by atoms with Gasteiger partial charge in [-0.15, -0.1) is 0 Å². The van der Waals surface area contributed by atoms with Crippen molar-refractivity contribution in [1.29, 1.82) is 0 Å². The number of hydrogen-bond donors (Lipinski definition) is 4. The van der Waals surface area contributed by atoms with Crippen molar-refractivity contribution in [3.8, 4) is 0 Å². The summed E-state index contributed by atoms with van der Waals surface area (Å²) in [6.07, 6.45) is 4.37. The molecule has 2 heterocycles. The summed E-state index contributed by atoms with van der Waals surface area (Å²) in [7, 11) is -3.59. The van der Waals surface area contributed by atoms with Crippen LogP contribution in [-0.2, 0) is 16.4 Å². The van der Waals surface area contributed by atoms with Gasteiger partial charge in [0, 0.05) is 12.2 Å². The van der Waals surface area contributed by atoms with Gasteiger partial charge in [-0.05, 0) is 25.3 Å². The summed E-state index contributed by atoms with van der Waals surface area (Å²) in [6, 6.07) is 0. The van der Waals surface area contributed by atoms with Crippen LogP contribution in [0, 0.1) is 6.92 Å². The smallest absolute Gasteiger partial charge is 0.245 e. The average molecular weight is 284 g/mol. The van der Waals surface area contributed by atoms with Crippen molar-refractivity contribution < 1.29 is 8.42 Å². The molecule has 0 aliphatic rings. The van der Waals surface area contributed by atoms with Gasteiger partial charge < -0.3 is 5.73 Å². The monoisotopic (exact) mass is 284 g/mol. The predicted octanol–water partition coefficient (Wildman–Crippen LogP) is -0.0655. The molecule has 2 aromatic heterocycles. The number of nitrogens with two attached hydrogens (primary N) is 1.